The number of nitrogens with zero attached hydrogens (tertiary/aromatic N) is 11. The molecule has 7 saturated carbocycles. The number of Topliss-reactive ketones (excluding diaryl/α,β-unsaturated/α-hetero) is 2. The third-order valence-electron chi connectivity index (χ3n) is 29.2. The Kier molecular flexibility index (Phi) is 34.1. The first-order chi connectivity index (χ1) is 70.0. The number of nitrogens with one attached hydrogen (secondary N) is 3. The van der Waals surface area contributed by atoms with E-state index in [1.54, 1.807) is 71.5 Å². The molecule has 11 aromatic rings. The first-order valence-corrected chi connectivity index (χ1v) is 62.5. The Labute approximate surface area is 865 Å². The third kappa shape index (κ3) is 26.2. The second-order valence-electron chi connectivity index (χ2n) is 42.0. The molecule has 4 aliphatic heterocycles. The van der Waals surface area contributed by atoms with E-state index in [0.29, 0.717) is 125 Å². The van der Waals surface area contributed by atoms with Crippen LogP contribution in [-0.2, 0) is 66.1 Å². The molecule has 7 N–H and O–H groups in total. The van der Waals surface area contributed by atoms with Crippen LogP contribution in [0.25, 0.3) is 33.5 Å². The van der Waals surface area contributed by atoms with E-state index in [0.717, 1.165) is 137 Å². The van der Waals surface area contributed by atoms with Crippen molar-refractivity contribution in [3.63, 3.8) is 0 Å². The summed E-state index contributed by atoms with van der Waals surface area (Å²) in [4.78, 5) is 69.4. The highest BCUT2D eigenvalue weighted by molar-refractivity contribution is 7.71. The Balaban J connectivity index is 0.000000127. The molecule has 3 atom stereocenters. The Bertz CT molecular complexity index is 6980. The maximum absolute atomic E-state index is 14.3. The summed E-state index contributed by atoms with van der Waals surface area (Å²) in [5, 5.41) is 13.5. The second kappa shape index (κ2) is 46.1. The standard InChI is InChI=1S/C29H35F2N4O3P.C25H28F2N3O2P.C24H28ClF2N4O2P.C12H11Cl2F2N3O.C12H18NOP.C4H7NO/c1-39(2,37)24-14-19(17-6-5-7-17)11-12-21(24)33-22-15-20(16-23(36)18-9-10-18)32-28-26(22)34-29(27(30)31)35(28)25-8-3-4-13-38-25;1-33(2,32)23-10-16(14-4-3-5-14)8-9-18(23)29-19-11-17(12-22(31)15-6-7-15)28-20-13-21(25(26)27)30-24(19)20;1-34(2,32)18-12-15(14-6-5-7-14)9-10-16(18)28-17-13-19(25)29-23-21(17)30-24(22(26)27)31(23)20-8-3-4-11-33-20;13-6-5-7(14)17-11-9(6)18-12(10(15)16)19(11)8-3-1-2-4-20-8;1-15(2,14)12-8-10(6-7-11(12)13)9-4-3-5-9;5-4(6)3-1-2-3/h11-12,14-15,17-18,25,27H,3-10,13,16H2,1-2H3,(H,32,33);8-11,14-15,25H,3-7,12-13H2,1-2H3,(H,28,29);9-10,12-14,20,22H,3-8,11H2,1-2H3,(H,28,29);5,8,10H,1-4H2;6-9H,3-5,13H2,1-2H3;3H,1-2H2,(H2,5,6). The zero-order chi connectivity index (χ0) is 105. The summed E-state index contributed by atoms with van der Waals surface area (Å²) >= 11 is 18.2. The average molecular weight is 2170 g/mol. The summed E-state index contributed by atoms with van der Waals surface area (Å²) < 4.78 is 183. The topological polar surface area (TPSA) is 353 Å². The molecule has 7 aromatic heterocycles. The van der Waals surface area contributed by atoms with Crippen molar-refractivity contribution in [2.75, 3.05) is 94.8 Å². The average Bonchev–Trinajstić information content (AvgIpc) is 1.60. The highest BCUT2D eigenvalue weighted by atomic mass is 35.5. The fourth-order valence-corrected chi connectivity index (χ4v) is 25.0. The number of ketones is 2. The number of imidazole rings is 3. The number of carbonyl (C=O) groups excluding carboxylic acids is 3. The van der Waals surface area contributed by atoms with Gasteiger partial charge in [0.05, 0.1) is 44.9 Å². The predicted octanol–water partition coefficient (Wildman–Crippen LogP) is 26.6. The van der Waals surface area contributed by atoms with Gasteiger partial charge in [0.25, 0.3) is 25.7 Å². The lowest BCUT2D eigenvalue weighted by Gasteiger charge is -2.27. The van der Waals surface area contributed by atoms with Crippen molar-refractivity contribution in [2.45, 2.75) is 261 Å². The van der Waals surface area contributed by atoms with E-state index in [2.05, 4.69) is 75.1 Å². The molecule has 4 aromatic carbocycles. The van der Waals surface area contributed by atoms with Crippen molar-refractivity contribution < 1.29 is 82.0 Å². The fourth-order valence-electron chi connectivity index (χ4n) is 19.7. The van der Waals surface area contributed by atoms with Crippen molar-refractivity contribution in [1.82, 2.24) is 48.6 Å². The Morgan fingerprint density at radius 3 is 1.06 bits per heavy atom. The molecule has 26 nitrogen and oxygen atoms in total. The largest absolute Gasteiger partial charge is 0.398 e. The van der Waals surface area contributed by atoms with E-state index in [1.807, 2.05) is 48.5 Å². The van der Waals surface area contributed by atoms with Crippen LogP contribution in [0.3, 0.4) is 0 Å². The maximum atomic E-state index is 14.3. The van der Waals surface area contributed by atoms with Crippen LogP contribution in [0.1, 0.15) is 292 Å². The number of carbonyl (C=O) groups is 3. The molecule has 11 aliphatic rings. The Morgan fingerprint density at radius 2 is 0.721 bits per heavy atom. The summed E-state index contributed by atoms with van der Waals surface area (Å²) in [6.07, 6.45) is 14.7. The molecule has 147 heavy (non-hydrogen) atoms. The SMILES string of the molecule is CP(C)(=O)c1cc(C2CCC2)ccc1N.CP(C)(=O)c1cc(C2CCC2)ccc1Nc1cc(CC(=O)C2CC2)nc2c1N=C(C(F)F)C2.CP(C)(=O)c1cc(C2CCC2)ccc1Nc1cc(CC(=O)C2CC2)nc2c1nc(C(F)F)n2C1CCCCO1.CP(C)(=O)c1cc(C2CCC2)ccc1Nc1cc(Cl)nc2c1nc(C(F)F)n2C1CCCCO1.FC(F)c1nc2c(Cl)cc(Cl)nc2n1C1CCCCO1.NC(=O)C1CC1. The predicted molar refractivity (Wildman–Crippen MR) is 568 cm³/mol. The first kappa shape index (κ1) is 109. The van der Waals surface area contributed by atoms with Gasteiger partial charge in [-0.25, -0.2) is 70.0 Å². The van der Waals surface area contributed by atoms with Crippen LogP contribution in [0.15, 0.2) is 102 Å². The number of amides is 1. The van der Waals surface area contributed by atoms with E-state index in [9.17, 15) is 67.8 Å². The molecule has 11 heterocycles. The summed E-state index contributed by atoms with van der Waals surface area (Å²) in [6, 6.07) is 30.5. The summed E-state index contributed by atoms with van der Waals surface area (Å²) in [5.74, 6) is 1.51. The van der Waals surface area contributed by atoms with Gasteiger partial charge in [-0.15, -0.1) is 0 Å². The molecule has 0 spiro atoms. The Morgan fingerprint density at radius 1 is 0.381 bits per heavy atom. The number of hydrogen-bond donors (Lipinski definition) is 5. The number of rotatable bonds is 28. The van der Waals surface area contributed by atoms with E-state index >= 15 is 0 Å². The van der Waals surface area contributed by atoms with Gasteiger partial charge in [0.1, 0.15) is 91.4 Å². The second-order valence-corrected chi connectivity index (χ2v) is 55.9. The molecule has 10 fully saturated rings. The van der Waals surface area contributed by atoms with Gasteiger partial charge in [-0.3, -0.25) is 33.1 Å². The minimum Gasteiger partial charge on any atom is -0.398 e. The normalized spacial score (nSPS) is 19.3. The lowest BCUT2D eigenvalue weighted by Crippen LogP contribution is -2.21. The van der Waals surface area contributed by atoms with Crippen LogP contribution in [0.4, 0.5) is 80.6 Å². The molecule has 788 valence electrons. The van der Waals surface area contributed by atoms with Crippen LogP contribution >= 0.6 is 63.4 Å². The number of pyridine rings is 4. The number of ether oxygens (including phenoxy) is 3. The van der Waals surface area contributed by atoms with Gasteiger partial charge in [-0.2, -0.15) is 0 Å². The van der Waals surface area contributed by atoms with Gasteiger partial charge in [-0.05, 0) is 314 Å². The van der Waals surface area contributed by atoms with E-state index < -0.39 is 84.6 Å². The molecule has 41 heteroatoms. The van der Waals surface area contributed by atoms with E-state index in [4.69, 9.17) is 65.5 Å². The number of aromatic nitrogens is 10. The number of nitrogens with two attached hydrogens (primary N) is 2. The number of alkyl halides is 8. The van der Waals surface area contributed by atoms with Gasteiger partial charge in [-0.1, -0.05) is 84.8 Å². The van der Waals surface area contributed by atoms with Crippen LogP contribution in [-0.4, -0.2) is 151 Å². The molecule has 3 saturated heterocycles. The number of anilines is 7. The molecule has 0 bridgehead atoms. The third-order valence-corrected chi connectivity index (χ3v) is 36.0. The fraction of sp³-hybridized carbons (Fsp3) is 0.519. The van der Waals surface area contributed by atoms with Crippen molar-refractivity contribution >= 4 is 187 Å². The number of aliphatic imine (C=N–C) groups is 1. The summed E-state index contributed by atoms with van der Waals surface area (Å²) in [5.41, 5.74) is 22.9. The van der Waals surface area contributed by atoms with Gasteiger partial charge >= 0.3 is 0 Å². The van der Waals surface area contributed by atoms with Gasteiger partial charge in [0.2, 0.25) is 5.91 Å². The smallest absolute Gasteiger partial charge is 0.295 e. The minimum absolute atomic E-state index is 0.0271. The van der Waals surface area contributed by atoms with Crippen LogP contribution in [0.5, 0.6) is 0 Å². The lowest BCUT2D eigenvalue weighted by atomic mass is 9.80. The molecule has 22 rings (SSSR count). The monoisotopic (exact) mass is 2160 g/mol. The molecule has 7 aliphatic carbocycles. The summed E-state index contributed by atoms with van der Waals surface area (Å²) in [6.45, 7) is 15.5. The highest BCUT2D eigenvalue weighted by Gasteiger charge is 2.40. The van der Waals surface area contributed by atoms with Crippen molar-refractivity contribution in [3.05, 3.63) is 169 Å². The molecule has 3 unspecified atom stereocenters. The Hall–Kier alpha value is -9.32. The van der Waals surface area contributed by atoms with Gasteiger partial charge in [0, 0.05) is 107 Å². The first-order valence-electron chi connectivity index (χ1n) is 51.0. The molecular weight excluding hydrogens is 2040 g/mol. The molecule has 0 radical (unpaired) electrons. The number of fused-ring (bicyclic) bond motifs is 4. The number of benzene rings is 4. The number of halogens is 11. The summed E-state index contributed by atoms with van der Waals surface area (Å²) in [7, 11) is -10.2. The molecule has 1 amide bonds. The van der Waals surface area contributed by atoms with Crippen LogP contribution in [0, 0.1) is 17.8 Å². The van der Waals surface area contributed by atoms with Gasteiger partial charge < -0.3 is 59.9 Å². The number of nitrogen functional groups attached to an aromatic ring is 1. The molecular formula is C106H127Cl3F8N16O10P4. The zero-order valence-electron chi connectivity index (χ0n) is 83.8. The van der Waals surface area contributed by atoms with Crippen LogP contribution < -0.4 is 48.6 Å². The van der Waals surface area contributed by atoms with Crippen LogP contribution in [0.2, 0.25) is 15.3 Å². The highest BCUT2D eigenvalue weighted by Crippen LogP contribution is 2.51. The quantitative estimate of drug-likeness (QED) is 0.0132. The van der Waals surface area contributed by atoms with Crippen molar-refractivity contribution in [1.29, 1.82) is 0 Å². The number of hydrogen-bond acceptors (Lipinski definition) is 22. The zero-order valence-corrected chi connectivity index (χ0v) is 89.6. The van der Waals surface area contributed by atoms with Gasteiger partial charge in [0.15, 0.2) is 34.4 Å². The lowest BCUT2D eigenvalue weighted by molar-refractivity contribution is -0.120. The van der Waals surface area contributed by atoms with E-state index in [1.165, 1.54) is 80.5 Å². The maximum Gasteiger partial charge on any atom is 0.295 e. The number of primary amides is 1. The van der Waals surface area contributed by atoms with E-state index in [-0.39, 0.29) is 115 Å². The minimum atomic E-state index is -2.82. The van der Waals surface area contributed by atoms with Crippen molar-refractivity contribution in [3.8, 4) is 0 Å². The van der Waals surface area contributed by atoms with Crippen molar-refractivity contribution in [2.24, 2.45) is 28.5 Å².